The summed E-state index contributed by atoms with van der Waals surface area (Å²) in [5.41, 5.74) is 0.670. The van der Waals surface area contributed by atoms with Crippen LogP contribution in [0.15, 0.2) is 49.1 Å². The summed E-state index contributed by atoms with van der Waals surface area (Å²) in [4.78, 5) is 76.8. The molecule has 0 radical (unpaired) electrons. The molecule has 0 unspecified atom stereocenters. The number of alkyl carbamates (subject to hydrolysis) is 1. The highest BCUT2D eigenvalue weighted by Gasteiger charge is 2.32. The number of ether oxygens (including phenoxy) is 4. The fourth-order valence-electron chi connectivity index (χ4n) is 5.33. The average molecular weight is 758 g/mol. The molecule has 1 saturated heterocycles. The lowest BCUT2D eigenvalue weighted by atomic mass is 10.0. The summed E-state index contributed by atoms with van der Waals surface area (Å²) in [6.07, 6.45) is 1.13. The Morgan fingerprint density at radius 3 is 2.37 bits per heavy atom. The van der Waals surface area contributed by atoms with E-state index in [9.17, 15) is 33.9 Å². The van der Waals surface area contributed by atoms with Crippen molar-refractivity contribution in [2.75, 3.05) is 44.1 Å². The van der Waals surface area contributed by atoms with Crippen LogP contribution in [0.5, 0.6) is 5.75 Å². The van der Waals surface area contributed by atoms with Gasteiger partial charge >= 0.3 is 18.2 Å². The number of halogens is 1. The highest BCUT2D eigenvalue weighted by molar-refractivity contribution is 6.03. The van der Waals surface area contributed by atoms with Crippen molar-refractivity contribution < 1.29 is 57.2 Å². The van der Waals surface area contributed by atoms with E-state index in [4.69, 9.17) is 14.2 Å². The molecule has 2 aromatic carbocycles. The zero-order chi connectivity index (χ0) is 39.8. The van der Waals surface area contributed by atoms with Crippen molar-refractivity contribution in [1.82, 2.24) is 15.5 Å². The number of aliphatic hydroxyl groups excluding tert-OH is 1. The van der Waals surface area contributed by atoms with Gasteiger partial charge in [0.15, 0.2) is 11.6 Å². The van der Waals surface area contributed by atoms with E-state index >= 15 is 4.39 Å². The molecule has 1 heterocycles. The smallest absolute Gasteiger partial charge is 0.411 e. The lowest BCUT2D eigenvalue weighted by Crippen LogP contribution is -2.53. The molecule has 0 bridgehead atoms. The first-order valence-corrected chi connectivity index (χ1v) is 17.4. The normalized spacial score (nSPS) is 14.6. The Balaban J connectivity index is 1.62. The first-order valence-electron chi connectivity index (χ1n) is 17.4. The first kappa shape index (κ1) is 42.7. The van der Waals surface area contributed by atoms with Crippen LogP contribution in [0, 0.1) is 11.7 Å². The minimum atomic E-state index is -0.967. The number of esters is 1. The third-order valence-corrected chi connectivity index (χ3v) is 8.30. The van der Waals surface area contributed by atoms with E-state index in [2.05, 4.69) is 32.6 Å². The average Bonchev–Trinajstić information content (AvgIpc) is 3.64. The number of nitrogens with zero attached hydrogens (tertiary/aromatic N) is 1. The molecule has 0 saturated carbocycles. The number of benzene rings is 2. The van der Waals surface area contributed by atoms with Crippen LogP contribution in [0.3, 0.4) is 0 Å². The van der Waals surface area contributed by atoms with Gasteiger partial charge in [-0.05, 0) is 55.9 Å². The Labute approximate surface area is 312 Å². The molecular formula is C37H48FN5O11. The van der Waals surface area contributed by atoms with Crippen molar-refractivity contribution in [3.05, 3.63) is 66.0 Å². The minimum Gasteiger partial charge on any atom is -0.490 e. The predicted molar refractivity (Wildman–Crippen MR) is 194 cm³/mol. The molecule has 1 fully saturated rings. The van der Waals surface area contributed by atoms with E-state index in [1.54, 1.807) is 38.1 Å². The number of carbonyl (C=O) groups excluding carboxylic acids is 6. The van der Waals surface area contributed by atoms with Gasteiger partial charge in [-0.15, -0.1) is 0 Å². The van der Waals surface area contributed by atoms with Gasteiger partial charge in [-0.1, -0.05) is 38.6 Å². The molecule has 5 N–H and O–H groups in total. The molecule has 2 aromatic rings. The first-order chi connectivity index (χ1) is 25.8. The van der Waals surface area contributed by atoms with Crippen LogP contribution < -0.4 is 26.0 Å². The quantitative estimate of drug-likeness (QED) is 0.0638. The second-order valence-electron chi connectivity index (χ2n) is 12.7. The zero-order valence-electron chi connectivity index (χ0n) is 30.8. The number of hydrogen-bond acceptors (Lipinski definition) is 11. The van der Waals surface area contributed by atoms with E-state index in [1.165, 1.54) is 25.0 Å². The molecule has 5 amide bonds. The third kappa shape index (κ3) is 12.8. The molecule has 17 heteroatoms. The van der Waals surface area contributed by atoms with E-state index in [-0.39, 0.29) is 62.2 Å². The number of anilines is 2. The summed E-state index contributed by atoms with van der Waals surface area (Å²) in [5.74, 6) is -3.58. The second kappa shape index (κ2) is 21.1. The standard InChI is InChI=1S/C37H48FN5O11/c1-6-16-53-37(50)42-32(22(2)3)34(47)39-23(4)33(46)40-25-13-11-24(12-14-25)21-54-36(49)41-29-19-30(52-17-8-10-31(45)51-5)28(38)18-27(29)35(48)43-15-7-9-26(43)20-44/h6,11-14,18-19,22-23,26,32,44H,1,7-10,15-17,20-21H2,2-5H3,(H,39,47)(H,40,46)(H,41,49)(H,42,50)/t23-,26-,32-/m0/s1. The minimum absolute atomic E-state index is 0.0282. The Kier molecular flexibility index (Phi) is 16.7. The molecule has 1 aliphatic heterocycles. The molecule has 0 aliphatic carbocycles. The van der Waals surface area contributed by atoms with Crippen molar-refractivity contribution in [3.63, 3.8) is 0 Å². The van der Waals surface area contributed by atoms with Crippen LogP contribution in [0.1, 0.15) is 62.4 Å². The summed E-state index contributed by atoms with van der Waals surface area (Å²) < 4.78 is 35.4. The Morgan fingerprint density at radius 2 is 1.72 bits per heavy atom. The van der Waals surface area contributed by atoms with Gasteiger partial charge in [0.1, 0.15) is 25.3 Å². The Hall–Kier alpha value is -5.71. The van der Waals surface area contributed by atoms with Gasteiger partial charge in [0.25, 0.3) is 5.91 Å². The van der Waals surface area contributed by atoms with Gasteiger partial charge in [-0.25, -0.2) is 14.0 Å². The van der Waals surface area contributed by atoms with Gasteiger partial charge in [-0.3, -0.25) is 24.5 Å². The van der Waals surface area contributed by atoms with E-state index in [0.717, 1.165) is 12.1 Å². The number of hydrogen-bond donors (Lipinski definition) is 5. The monoisotopic (exact) mass is 757 g/mol. The highest BCUT2D eigenvalue weighted by Crippen LogP contribution is 2.30. The maximum Gasteiger partial charge on any atom is 0.411 e. The van der Waals surface area contributed by atoms with Crippen molar-refractivity contribution in [1.29, 1.82) is 0 Å². The number of nitrogens with one attached hydrogen (secondary N) is 4. The second-order valence-corrected chi connectivity index (χ2v) is 12.7. The number of rotatable bonds is 18. The summed E-state index contributed by atoms with van der Waals surface area (Å²) in [7, 11) is 1.25. The summed E-state index contributed by atoms with van der Waals surface area (Å²) in [6.45, 7) is 8.18. The Morgan fingerprint density at radius 1 is 1.00 bits per heavy atom. The molecule has 294 valence electrons. The van der Waals surface area contributed by atoms with Gasteiger partial charge in [0.05, 0.1) is 37.6 Å². The summed E-state index contributed by atoms with van der Waals surface area (Å²) in [6, 6.07) is 6.04. The lowest BCUT2D eigenvalue weighted by molar-refractivity contribution is -0.140. The van der Waals surface area contributed by atoms with E-state index < -0.39 is 59.8 Å². The molecule has 1 aliphatic rings. The molecule has 54 heavy (non-hydrogen) atoms. The third-order valence-electron chi connectivity index (χ3n) is 8.30. The summed E-state index contributed by atoms with van der Waals surface area (Å²) in [5, 5.41) is 19.9. The van der Waals surface area contributed by atoms with Crippen LogP contribution in [0.25, 0.3) is 0 Å². The number of likely N-dealkylation sites (tertiary alicyclic amines) is 1. The number of aliphatic hydroxyl groups is 1. The SMILES string of the molecule is C=CCOC(=O)N[C@H](C(=O)N[C@@H](C)C(=O)Nc1ccc(COC(=O)Nc2cc(OCCCC(=O)OC)c(F)cc2C(=O)N2CCC[C@H]2CO)cc1)C(C)C. The summed E-state index contributed by atoms with van der Waals surface area (Å²) >= 11 is 0. The number of carbonyl (C=O) groups is 6. The lowest BCUT2D eigenvalue weighted by Gasteiger charge is -2.24. The van der Waals surface area contributed by atoms with Crippen LogP contribution in [-0.4, -0.2) is 97.5 Å². The van der Waals surface area contributed by atoms with Crippen LogP contribution in [0.4, 0.5) is 25.4 Å². The zero-order valence-corrected chi connectivity index (χ0v) is 30.8. The van der Waals surface area contributed by atoms with Crippen molar-refractivity contribution in [3.8, 4) is 5.75 Å². The molecule has 16 nitrogen and oxygen atoms in total. The van der Waals surface area contributed by atoms with Gasteiger partial charge in [0.2, 0.25) is 11.8 Å². The molecule has 0 spiro atoms. The molecule has 3 atom stereocenters. The van der Waals surface area contributed by atoms with E-state index in [1.807, 2.05) is 0 Å². The maximum atomic E-state index is 15.1. The van der Waals surface area contributed by atoms with Gasteiger partial charge < -0.3 is 44.9 Å². The topological polar surface area (TPSA) is 211 Å². The van der Waals surface area contributed by atoms with Crippen molar-refractivity contribution >= 4 is 47.3 Å². The largest absolute Gasteiger partial charge is 0.490 e. The highest BCUT2D eigenvalue weighted by atomic mass is 19.1. The van der Waals surface area contributed by atoms with Crippen molar-refractivity contribution in [2.24, 2.45) is 5.92 Å². The Bertz CT molecular complexity index is 1650. The van der Waals surface area contributed by atoms with Crippen LogP contribution in [-0.2, 0) is 35.2 Å². The van der Waals surface area contributed by atoms with E-state index in [0.29, 0.717) is 30.6 Å². The van der Waals surface area contributed by atoms with Crippen LogP contribution >= 0.6 is 0 Å². The van der Waals surface area contributed by atoms with Crippen LogP contribution in [0.2, 0.25) is 0 Å². The van der Waals surface area contributed by atoms with Gasteiger partial charge in [0, 0.05) is 24.7 Å². The molecular weight excluding hydrogens is 709 g/mol. The fraction of sp³-hybridized carbons (Fsp3) is 0.459. The molecule has 0 aromatic heterocycles. The van der Waals surface area contributed by atoms with Gasteiger partial charge in [-0.2, -0.15) is 0 Å². The number of amides is 5. The fourth-order valence-corrected chi connectivity index (χ4v) is 5.33. The maximum absolute atomic E-state index is 15.1. The van der Waals surface area contributed by atoms with Crippen molar-refractivity contribution in [2.45, 2.75) is 71.2 Å². The molecule has 3 rings (SSSR count). The number of methoxy groups -OCH3 is 1. The predicted octanol–water partition coefficient (Wildman–Crippen LogP) is 3.88.